The van der Waals surface area contributed by atoms with Gasteiger partial charge in [-0.15, -0.1) is 0 Å². The molecule has 0 aliphatic carbocycles. The second-order valence-corrected chi connectivity index (χ2v) is 7.80. The molecule has 0 radical (unpaired) electrons. The Labute approximate surface area is 197 Å². The van der Waals surface area contributed by atoms with Crippen LogP contribution in [-0.4, -0.2) is 23.4 Å². The molecule has 0 aliphatic rings. The van der Waals surface area contributed by atoms with E-state index in [1.165, 1.54) is 12.1 Å². The summed E-state index contributed by atoms with van der Waals surface area (Å²) in [5, 5.41) is 12.6. The van der Waals surface area contributed by atoms with Crippen LogP contribution in [-0.2, 0) is 17.4 Å². The first-order chi connectivity index (χ1) is 16.5. The molecule has 10 heteroatoms. The molecule has 0 saturated carbocycles. The molecule has 3 rings (SSSR count). The van der Waals surface area contributed by atoms with Crippen molar-refractivity contribution in [3.63, 3.8) is 0 Å². The van der Waals surface area contributed by atoms with Crippen LogP contribution in [0.15, 0.2) is 59.8 Å². The smallest absolute Gasteiger partial charge is 0.410 e. The lowest BCUT2D eigenvalue weighted by Crippen LogP contribution is -2.39. The second kappa shape index (κ2) is 10.2. The van der Waals surface area contributed by atoms with Gasteiger partial charge in [0.05, 0.1) is 5.56 Å². The van der Waals surface area contributed by atoms with Crippen molar-refractivity contribution in [3.8, 4) is 0 Å². The Hall–Kier alpha value is -3.82. The lowest BCUT2D eigenvalue weighted by molar-refractivity contribution is -0.140. The predicted octanol–water partition coefficient (Wildman–Crippen LogP) is 6.19. The van der Waals surface area contributed by atoms with Gasteiger partial charge in [-0.25, -0.2) is 13.2 Å². The van der Waals surface area contributed by atoms with Crippen molar-refractivity contribution in [2.75, 3.05) is 11.4 Å². The SMILES string of the molecule is Cc1ccc(N(CCc2c(F)cc(C(F)(F)F)c(F)c2F)C(=O)C(=NO)c2ccccc2)cc1C. The van der Waals surface area contributed by atoms with Gasteiger partial charge in [0, 0.05) is 23.4 Å². The number of carbonyl (C=O) groups excluding carboxylic acids is 1. The van der Waals surface area contributed by atoms with Crippen LogP contribution in [0.25, 0.3) is 0 Å². The summed E-state index contributed by atoms with van der Waals surface area (Å²) in [5.74, 6) is -6.64. The molecule has 4 nitrogen and oxygen atoms in total. The van der Waals surface area contributed by atoms with Crippen molar-refractivity contribution >= 4 is 17.3 Å². The normalized spacial score (nSPS) is 12.1. The number of anilines is 1. The third-order valence-electron chi connectivity index (χ3n) is 5.54. The van der Waals surface area contributed by atoms with Gasteiger partial charge in [-0.05, 0) is 49.6 Å². The molecule has 0 heterocycles. The molecular formula is C25H20F6N2O2. The van der Waals surface area contributed by atoms with Gasteiger partial charge in [-0.1, -0.05) is 41.6 Å². The van der Waals surface area contributed by atoms with E-state index < -0.39 is 53.6 Å². The number of alkyl halides is 3. The van der Waals surface area contributed by atoms with Crippen molar-refractivity contribution < 1.29 is 36.3 Å². The third kappa shape index (κ3) is 5.47. The van der Waals surface area contributed by atoms with Crippen LogP contribution >= 0.6 is 0 Å². The Bertz CT molecular complexity index is 1270. The first-order valence-corrected chi connectivity index (χ1v) is 10.4. The molecule has 0 aromatic heterocycles. The molecule has 0 fully saturated rings. The van der Waals surface area contributed by atoms with Gasteiger partial charge in [0.2, 0.25) is 0 Å². The Balaban J connectivity index is 2.02. The average molecular weight is 494 g/mol. The second-order valence-electron chi connectivity index (χ2n) is 7.80. The number of carbonyl (C=O) groups is 1. The number of nitrogens with zero attached hydrogens (tertiary/aromatic N) is 2. The summed E-state index contributed by atoms with van der Waals surface area (Å²) < 4.78 is 81.5. The Morgan fingerprint density at radius 1 is 0.943 bits per heavy atom. The molecule has 184 valence electrons. The summed E-state index contributed by atoms with van der Waals surface area (Å²) in [6.45, 7) is 3.14. The van der Waals surface area contributed by atoms with Gasteiger partial charge in [0.1, 0.15) is 5.82 Å². The van der Waals surface area contributed by atoms with Gasteiger partial charge < -0.3 is 10.1 Å². The lowest BCUT2D eigenvalue weighted by atomic mass is 10.0. The van der Waals surface area contributed by atoms with E-state index >= 15 is 0 Å². The molecule has 0 atom stereocenters. The van der Waals surface area contributed by atoms with Crippen LogP contribution in [0.3, 0.4) is 0 Å². The summed E-state index contributed by atoms with van der Waals surface area (Å²) in [6, 6.07) is 12.7. The molecule has 0 spiro atoms. The number of oxime groups is 1. The number of rotatable bonds is 6. The summed E-state index contributed by atoms with van der Waals surface area (Å²) >= 11 is 0. The van der Waals surface area contributed by atoms with Crippen LogP contribution < -0.4 is 4.90 Å². The zero-order valence-electron chi connectivity index (χ0n) is 18.6. The fourth-order valence-corrected chi connectivity index (χ4v) is 3.48. The van der Waals surface area contributed by atoms with Crippen LogP contribution in [0.1, 0.15) is 27.8 Å². The standard InChI is InChI=1S/C25H20F6N2O2/c1-14-8-9-17(12-15(14)2)33(24(34)23(32-35)16-6-4-3-5-7-16)11-10-18-20(26)13-19(25(29,30)31)22(28)21(18)27/h3-9,12-13,35H,10-11H2,1-2H3. The number of hydrogen-bond acceptors (Lipinski definition) is 3. The van der Waals surface area contributed by atoms with Crippen molar-refractivity contribution in [1.82, 2.24) is 0 Å². The van der Waals surface area contributed by atoms with Crippen LogP contribution in [0.4, 0.5) is 32.0 Å². The van der Waals surface area contributed by atoms with Gasteiger partial charge in [0.15, 0.2) is 17.3 Å². The van der Waals surface area contributed by atoms with Gasteiger partial charge in [-0.2, -0.15) is 13.2 Å². The topological polar surface area (TPSA) is 52.9 Å². The molecule has 0 bridgehead atoms. The molecule has 0 unspecified atom stereocenters. The van der Waals surface area contributed by atoms with E-state index in [9.17, 15) is 36.3 Å². The largest absolute Gasteiger partial charge is 0.419 e. The van der Waals surface area contributed by atoms with Crippen LogP contribution in [0.2, 0.25) is 0 Å². The zero-order valence-corrected chi connectivity index (χ0v) is 18.6. The fourth-order valence-electron chi connectivity index (χ4n) is 3.48. The summed E-state index contributed by atoms with van der Waals surface area (Å²) in [7, 11) is 0. The highest BCUT2D eigenvalue weighted by molar-refractivity contribution is 6.49. The fraction of sp³-hybridized carbons (Fsp3) is 0.200. The van der Waals surface area contributed by atoms with E-state index in [2.05, 4.69) is 5.16 Å². The van der Waals surface area contributed by atoms with E-state index in [-0.39, 0.29) is 23.0 Å². The summed E-state index contributed by atoms with van der Waals surface area (Å²) in [4.78, 5) is 14.4. The minimum Gasteiger partial charge on any atom is -0.410 e. The van der Waals surface area contributed by atoms with Gasteiger partial charge in [0.25, 0.3) is 5.91 Å². The molecule has 0 saturated heterocycles. The first kappa shape index (κ1) is 25.8. The average Bonchev–Trinajstić information content (AvgIpc) is 2.81. The number of hydrogen-bond donors (Lipinski definition) is 1. The summed E-state index contributed by atoms with van der Waals surface area (Å²) in [6.07, 6.45) is -5.94. The van der Waals surface area contributed by atoms with E-state index in [0.29, 0.717) is 0 Å². The van der Waals surface area contributed by atoms with E-state index in [4.69, 9.17) is 0 Å². The Kier molecular flexibility index (Phi) is 7.52. The number of benzene rings is 3. The minimum absolute atomic E-state index is 0.111. The maximum atomic E-state index is 14.4. The Morgan fingerprint density at radius 2 is 1.60 bits per heavy atom. The van der Waals surface area contributed by atoms with Crippen molar-refractivity contribution in [2.24, 2.45) is 5.16 Å². The van der Waals surface area contributed by atoms with Gasteiger partial charge >= 0.3 is 6.18 Å². The summed E-state index contributed by atoms with van der Waals surface area (Å²) in [5.41, 5.74) is -1.17. The van der Waals surface area contributed by atoms with Crippen molar-refractivity contribution in [1.29, 1.82) is 0 Å². The first-order valence-electron chi connectivity index (χ1n) is 10.4. The molecule has 1 amide bonds. The molecule has 1 N–H and O–H groups in total. The maximum Gasteiger partial charge on any atom is 0.419 e. The molecule has 0 aliphatic heterocycles. The lowest BCUT2D eigenvalue weighted by Gasteiger charge is -2.24. The minimum atomic E-state index is -5.28. The predicted molar refractivity (Wildman–Crippen MR) is 118 cm³/mol. The zero-order chi connectivity index (χ0) is 25.9. The van der Waals surface area contributed by atoms with Crippen LogP contribution in [0.5, 0.6) is 0 Å². The van der Waals surface area contributed by atoms with Gasteiger partial charge in [-0.3, -0.25) is 4.79 Å². The number of amides is 1. The highest BCUT2D eigenvalue weighted by atomic mass is 19.4. The van der Waals surface area contributed by atoms with E-state index in [0.717, 1.165) is 16.0 Å². The number of halogens is 6. The monoisotopic (exact) mass is 494 g/mol. The van der Waals surface area contributed by atoms with Crippen molar-refractivity contribution in [2.45, 2.75) is 26.4 Å². The number of aryl methyl sites for hydroxylation is 2. The highest BCUT2D eigenvalue weighted by Crippen LogP contribution is 2.34. The quantitative estimate of drug-likeness (QED) is 0.146. The van der Waals surface area contributed by atoms with Crippen LogP contribution in [0, 0.1) is 31.3 Å². The Morgan fingerprint density at radius 3 is 2.17 bits per heavy atom. The molecule has 35 heavy (non-hydrogen) atoms. The third-order valence-corrected chi connectivity index (χ3v) is 5.54. The van der Waals surface area contributed by atoms with Crippen molar-refractivity contribution in [3.05, 3.63) is 99.9 Å². The maximum absolute atomic E-state index is 14.4. The highest BCUT2D eigenvalue weighted by Gasteiger charge is 2.37. The van der Waals surface area contributed by atoms with E-state index in [1.54, 1.807) is 43.3 Å². The molecule has 3 aromatic carbocycles. The van der Waals surface area contributed by atoms with E-state index in [1.807, 2.05) is 6.92 Å². The molecule has 3 aromatic rings. The molecular weight excluding hydrogens is 474 g/mol.